The van der Waals surface area contributed by atoms with Crippen molar-refractivity contribution in [2.24, 2.45) is 0 Å². The van der Waals surface area contributed by atoms with Crippen LogP contribution in [0.25, 0.3) is 0 Å². The van der Waals surface area contributed by atoms with Crippen LogP contribution >= 0.6 is 15.9 Å². The highest BCUT2D eigenvalue weighted by molar-refractivity contribution is 9.10. The van der Waals surface area contributed by atoms with Crippen LogP contribution in [0.2, 0.25) is 0 Å². The van der Waals surface area contributed by atoms with E-state index < -0.39 is 0 Å². The Morgan fingerprint density at radius 1 is 1.05 bits per heavy atom. The molecule has 0 bridgehead atoms. The van der Waals surface area contributed by atoms with Crippen LogP contribution < -0.4 is 5.32 Å². The lowest BCUT2D eigenvalue weighted by molar-refractivity contribution is 0.546. The summed E-state index contributed by atoms with van der Waals surface area (Å²) in [5.41, 5.74) is 3.57. The molecule has 0 fully saturated rings. The molecule has 3 heteroatoms. The Bertz CT molecular complexity index is 560. The van der Waals surface area contributed by atoms with Crippen molar-refractivity contribution in [1.29, 1.82) is 0 Å². The van der Waals surface area contributed by atoms with E-state index in [1.165, 1.54) is 17.2 Å². The lowest BCUT2D eigenvalue weighted by Gasteiger charge is -2.19. The van der Waals surface area contributed by atoms with Gasteiger partial charge in [-0.15, -0.1) is 0 Å². The maximum atomic E-state index is 13.5. The van der Waals surface area contributed by atoms with E-state index in [9.17, 15) is 4.39 Å². The van der Waals surface area contributed by atoms with Crippen molar-refractivity contribution in [3.63, 3.8) is 0 Å². The Labute approximate surface area is 134 Å². The van der Waals surface area contributed by atoms with Crippen LogP contribution in [0.15, 0.2) is 46.9 Å². The molecule has 2 aromatic carbocycles. The molecule has 2 aromatic rings. The van der Waals surface area contributed by atoms with E-state index in [-0.39, 0.29) is 11.9 Å². The molecule has 0 heterocycles. The molecule has 0 aliphatic heterocycles. The minimum atomic E-state index is -0.198. The summed E-state index contributed by atoms with van der Waals surface area (Å²) in [5.74, 6) is -0.198. The van der Waals surface area contributed by atoms with Crippen LogP contribution in [0, 0.1) is 5.82 Å². The number of aryl methyl sites for hydroxylation is 1. The van der Waals surface area contributed by atoms with E-state index in [2.05, 4.69) is 59.4 Å². The van der Waals surface area contributed by atoms with Gasteiger partial charge in [0.15, 0.2) is 0 Å². The highest BCUT2D eigenvalue weighted by Crippen LogP contribution is 2.22. The van der Waals surface area contributed by atoms with E-state index in [1.807, 2.05) is 6.07 Å². The van der Waals surface area contributed by atoms with Crippen LogP contribution in [-0.2, 0) is 12.8 Å². The quantitative estimate of drug-likeness (QED) is 0.769. The topological polar surface area (TPSA) is 12.0 Å². The second-order valence-corrected chi connectivity index (χ2v) is 6.10. The molecular weight excluding hydrogens is 329 g/mol. The molecule has 0 saturated carbocycles. The van der Waals surface area contributed by atoms with Gasteiger partial charge < -0.3 is 5.32 Å². The molecule has 1 nitrogen and oxygen atoms in total. The highest BCUT2D eigenvalue weighted by atomic mass is 79.9. The summed E-state index contributed by atoms with van der Waals surface area (Å²) in [5, 5.41) is 3.49. The van der Waals surface area contributed by atoms with Crippen molar-refractivity contribution in [2.45, 2.75) is 32.7 Å². The van der Waals surface area contributed by atoms with Crippen LogP contribution in [0.1, 0.15) is 36.6 Å². The number of hydrogen-bond donors (Lipinski definition) is 1. The maximum absolute atomic E-state index is 13.5. The van der Waals surface area contributed by atoms with Gasteiger partial charge in [-0.2, -0.15) is 0 Å². The first-order valence-corrected chi connectivity index (χ1v) is 8.18. The van der Waals surface area contributed by atoms with Crippen molar-refractivity contribution in [1.82, 2.24) is 5.32 Å². The first-order chi connectivity index (χ1) is 10.1. The number of halogens is 2. The van der Waals surface area contributed by atoms with Gasteiger partial charge in [-0.1, -0.05) is 54.0 Å². The Morgan fingerprint density at radius 3 is 2.33 bits per heavy atom. The predicted octanol–water partition coefficient (Wildman–Crippen LogP) is 5.04. The molecule has 0 spiro atoms. The van der Waals surface area contributed by atoms with Gasteiger partial charge in [0, 0.05) is 10.5 Å². The summed E-state index contributed by atoms with van der Waals surface area (Å²) in [6.07, 6.45) is 1.82. The van der Waals surface area contributed by atoms with Crippen molar-refractivity contribution in [3.8, 4) is 0 Å². The smallest absolute Gasteiger partial charge is 0.124 e. The van der Waals surface area contributed by atoms with Gasteiger partial charge in [-0.3, -0.25) is 0 Å². The van der Waals surface area contributed by atoms with Crippen molar-refractivity contribution >= 4 is 15.9 Å². The van der Waals surface area contributed by atoms with E-state index in [0.29, 0.717) is 0 Å². The molecular formula is C18H21BrFN. The van der Waals surface area contributed by atoms with Crippen molar-refractivity contribution < 1.29 is 4.39 Å². The molecule has 0 aliphatic rings. The van der Waals surface area contributed by atoms with Crippen LogP contribution in [0.4, 0.5) is 4.39 Å². The Hall–Kier alpha value is -1.19. The summed E-state index contributed by atoms with van der Waals surface area (Å²) >= 11 is 3.36. The summed E-state index contributed by atoms with van der Waals surface area (Å²) < 4.78 is 14.3. The summed E-state index contributed by atoms with van der Waals surface area (Å²) in [6.45, 7) is 5.13. The third kappa shape index (κ3) is 4.65. The number of benzene rings is 2. The van der Waals surface area contributed by atoms with Crippen molar-refractivity contribution in [3.05, 3.63) is 69.4 Å². The fourth-order valence-corrected chi connectivity index (χ4v) is 3.02. The molecule has 0 radical (unpaired) electrons. The van der Waals surface area contributed by atoms with Crippen LogP contribution in [0.5, 0.6) is 0 Å². The number of rotatable bonds is 6. The number of hydrogen-bond acceptors (Lipinski definition) is 1. The molecule has 21 heavy (non-hydrogen) atoms. The predicted molar refractivity (Wildman–Crippen MR) is 90.0 cm³/mol. The van der Waals surface area contributed by atoms with E-state index in [1.54, 1.807) is 6.07 Å². The lowest BCUT2D eigenvalue weighted by atomic mass is 9.97. The van der Waals surface area contributed by atoms with Gasteiger partial charge in [0.05, 0.1) is 0 Å². The zero-order valence-electron chi connectivity index (χ0n) is 12.5. The summed E-state index contributed by atoms with van der Waals surface area (Å²) in [4.78, 5) is 0. The van der Waals surface area contributed by atoms with Crippen LogP contribution in [-0.4, -0.2) is 6.54 Å². The normalized spacial score (nSPS) is 12.4. The summed E-state index contributed by atoms with van der Waals surface area (Å²) in [6, 6.07) is 13.9. The fraction of sp³-hybridized carbons (Fsp3) is 0.333. The summed E-state index contributed by atoms with van der Waals surface area (Å²) in [7, 11) is 0. The number of likely N-dealkylation sites (N-methyl/N-ethyl adjacent to an activating group) is 1. The SMILES string of the molecule is CCNC(Cc1cc(F)cc(Br)c1)c1ccc(CC)cc1. The molecule has 1 N–H and O–H groups in total. The standard InChI is InChI=1S/C18H21BrFN/c1-3-13-5-7-15(8-6-13)18(21-4-2)11-14-9-16(19)12-17(20)10-14/h5-10,12,18,21H,3-4,11H2,1-2H3. The minimum Gasteiger partial charge on any atom is -0.310 e. The lowest BCUT2D eigenvalue weighted by Crippen LogP contribution is -2.23. The average Bonchev–Trinajstić information content (AvgIpc) is 2.46. The molecule has 1 unspecified atom stereocenters. The van der Waals surface area contributed by atoms with Gasteiger partial charge in [0.2, 0.25) is 0 Å². The Kier molecular flexibility index (Phi) is 5.95. The highest BCUT2D eigenvalue weighted by Gasteiger charge is 2.12. The minimum absolute atomic E-state index is 0.198. The fourth-order valence-electron chi connectivity index (χ4n) is 2.50. The third-order valence-corrected chi connectivity index (χ3v) is 4.06. The van der Waals surface area contributed by atoms with E-state index in [4.69, 9.17) is 0 Å². The molecule has 112 valence electrons. The molecule has 0 saturated heterocycles. The van der Waals surface area contributed by atoms with Crippen molar-refractivity contribution in [2.75, 3.05) is 6.54 Å². The van der Waals surface area contributed by atoms with Gasteiger partial charge in [0.25, 0.3) is 0 Å². The molecule has 0 aromatic heterocycles. The van der Waals surface area contributed by atoms with E-state index in [0.717, 1.165) is 29.4 Å². The average molecular weight is 350 g/mol. The third-order valence-electron chi connectivity index (χ3n) is 3.60. The molecule has 1 atom stereocenters. The van der Waals surface area contributed by atoms with Gasteiger partial charge >= 0.3 is 0 Å². The first-order valence-electron chi connectivity index (χ1n) is 7.39. The Morgan fingerprint density at radius 2 is 1.76 bits per heavy atom. The number of nitrogens with one attached hydrogen (secondary N) is 1. The van der Waals surface area contributed by atoms with Gasteiger partial charge in [-0.25, -0.2) is 4.39 Å². The van der Waals surface area contributed by atoms with Crippen LogP contribution in [0.3, 0.4) is 0 Å². The molecule has 0 aliphatic carbocycles. The van der Waals surface area contributed by atoms with E-state index >= 15 is 0 Å². The monoisotopic (exact) mass is 349 g/mol. The van der Waals surface area contributed by atoms with Gasteiger partial charge in [0.1, 0.15) is 5.82 Å². The largest absolute Gasteiger partial charge is 0.310 e. The first kappa shape index (κ1) is 16.2. The maximum Gasteiger partial charge on any atom is 0.124 e. The zero-order chi connectivity index (χ0) is 15.2. The second-order valence-electron chi connectivity index (χ2n) is 5.19. The zero-order valence-corrected chi connectivity index (χ0v) is 14.1. The molecule has 2 rings (SSSR count). The Balaban J connectivity index is 2.21. The molecule has 0 amide bonds. The van der Waals surface area contributed by atoms with Gasteiger partial charge in [-0.05, 0) is 54.3 Å². The second kappa shape index (κ2) is 7.71.